The van der Waals surface area contributed by atoms with Crippen LogP contribution in [0.4, 0.5) is 0 Å². The van der Waals surface area contributed by atoms with Gasteiger partial charge >= 0.3 is 5.97 Å². The number of epoxide rings is 1. The van der Waals surface area contributed by atoms with Gasteiger partial charge in [-0.2, -0.15) is 0 Å². The Labute approximate surface area is 178 Å². The summed E-state index contributed by atoms with van der Waals surface area (Å²) in [4.78, 5) is 25.3. The van der Waals surface area contributed by atoms with Crippen molar-refractivity contribution in [1.29, 1.82) is 0 Å². The minimum atomic E-state index is -0.345. The lowest BCUT2D eigenvalue weighted by Crippen LogP contribution is -2.63. The number of ether oxygens (including phenoxy) is 3. The Bertz CT molecular complexity index is 905. The maximum Gasteiger partial charge on any atom is 0.309 e. The molecule has 5 heteroatoms. The number of carbonyl (C=O) groups is 2. The van der Waals surface area contributed by atoms with Crippen molar-refractivity contribution in [2.75, 3.05) is 7.11 Å². The van der Waals surface area contributed by atoms with Crippen LogP contribution >= 0.6 is 0 Å². The molecule has 5 nitrogen and oxygen atoms in total. The van der Waals surface area contributed by atoms with Crippen molar-refractivity contribution in [2.24, 2.45) is 28.6 Å². The maximum atomic E-state index is 13.1. The normalized spacial score (nSPS) is 53.2. The second-order valence-electron chi connectivity index (χ2n) is 11.1. The largest absolute Gasteiger partial charge is 0.492 e. The van der Waals surface area contributed by atoms with Crippen LogP contribution in [0.1, 0.15) is 65.2 Å². The Balaban J connectivity index is 1.49. The Morgan fingerprint density at radius 3 is 2.73 bits per heavy atom. The molecule has 162 valence electrons. The molecule has 30 heavy (non-hydrogen) atoms. The maximum absolute atomic E-state index is 13.1. The van der Waals surface area contributed by atoms with Gasteiger partial charge in [-0.25, -0.2) is 0 Å². The third kappa shape index (κ3) is 1.95. The fourth-order valence-corrected chi connectivity index (χ4v) is 8.78. The predicted molar refractivity (Wildman–Crippen MR) is 109 cm³/mol. The molecule has 0 aromatic carbocycles. The van der Waals surface area contributed by atoms with Gasteiger partial charge in [0.2, 0.25) is 0 Å². The van der Waals surface area contributed by atoms with Crippen molar-refractivity contribution < 1.29 is 23.8 Å². The second-order valence-corrected chi connectivity index (χ2v) is 11.1. The SMILES string of the molecule is C=C1CC[C@@]2(CC[C@H]3[C@@H]4[C@H](C(=O)OC)CC5=CC(=O)CC[C@]5(C)[C@]45O[C@@H]5C[C@@]32C)O1. The summed E-state index contributed by atoms with van der Waals surface area (Å²) in [7, 11) is 1.48. The van der Waals surface area contributed by atoms with Crippen LogP contribution in [-0.2, 0) is 23.8 Å². The average Bonchev–Trinajstić information content (AvgIpc) is 3.20. The minimum absolute atomic E-state index is 0.0316. The second kappa shape index (κ2) is 5.59. The lowest BCUT2D eigenvalue weighted by atomic mass is 9.43. The highest BCUT2D eigenvalue weighted by atomic mass is 16.6. The molecule has 6 aliphatic rings. The van der Waals surface area contributed by atoms with Gasteiger partial charge in [-0.3, -0.25) is 9.59 Å². The summed E-state index contributed by atoms with van der Waals surface area (Å²) in [6.07, 6.45) is 8.93. The molecule has 0 aromatic heterocycles. The highest BCUT2D eigenvalue weighted by Gasteiger charge is 2.83. The van der Waals surface area contributed by atoms with Gasteiger partial charge in [-0.15, -0.1) is 0 Å². The first kappa shape index (κ1) is 19.1. The Kier molecular flexibility index (Phi) is 3.56. The van der Waals surface area contributed by atoms with Gasteiger partial charge in [0.25, 0.3) is 0 Å². The molecule has 0 radical (unpaired) electrons. The number of esters is 1. The third-order valence-corrected chi connectivity index (χ3v) is 10.3. The van der Waals surface area contributed by atoms with Crippen molar-refractivity contribution in [2.45, 2.75) is 82.5 Å². The summed E-state index contributed by atoms with van der Waals surface area (Å²) < 4.78 is 18.5. The highest BCUT2D eigenvalue weighted by Crippen LogP contribution is 2.78. The molecule has 2 spiro atoms. The van der Waals surface area contributed by atoms with Crippen LogP contribution in [0, 0.1) is 28.6 Å². The fourth-order valence-electron chi connectivity index (χ4n) is 8.78. The van der Waals surface area contributed by atoms with Crippen molar-refractivity contribution >= 4 is 11.8 Å². The van der Waals surface area contributed by atoms with Crippen molar-refractivity contribution in [1.82, 2.24) is 0 Å². The Morgan fingerprint density at radius 1 is 1.23 bits per heavy atom. The van der Waals surface area contributed by atoms with E-state index in [9.17, 15) is 9.59 Å². The van der Waals surface area contributed by atoms with Crippen LogP contribution in [-0.4, -0.2) is 36.2 Å². The van der Waals surface area contributed by atoms with E-state index < -0.39 is 0 Å². The molecule has 2 saturated heterocycles. The number of allylic oxidation sites excluding steroid dienone is 1. The van der Waals surface area contributed by atoms with E-state index in [0.29, 0.717) is 18.8 Å². The summed E-state index contributed by atoms with van der Waals surface area (Å²) in [6.45, 7) is 8.77. The Hall–Kier alpha value is -1.62. The van der Waals surface area contributed by atoms with Gasteiger partial charge < -0.3 is 14.2 Å². The van der Waals surface area contributed by atoms with E-state index in [1.807, 2.05) is 6.08 Å². The predicted octanol–water partition coefficient (Wildman–Crippen LogP) is 4.11. The number of rotatable bonds is 1. The van der Waals surface area contributed by atoms with Crippen LogP contribution in [0.5, 0.6) is 0 Å². The molecule has 5 fully saturated rings. The van der Waals surface area contributed by atoms with E-state index in [1.165, 1.54) is 7.11 Å². The van der Waals surface area contributed by atoms with Gasteiger partial charge in [0.1, 0.15) is 11.2 Å². The van der Waals surface area contributed by atoms with E-state index in [4.69, 9.17) is 14.2 Å². The van der Waals surface area contributed by atoms with Crippen molar-refractivity contribution in [3.05, 3.63) is 24.0 Å². The molecule has 0 N–H and O–H groups in total. The van der Waals surface area contributed by atoms with Crippen molar-refractivity contribution in [3.63, 3.8) is 0 Å². The van der Waals surface area contributed by atoms with E-state index in [-0.39, 0.29) is 51.7 Å². The van der Waals surface area contributed by atoms with Gasteiger partial charge in [-0.1, -0.05) is 26.0 Å². The first-order valence-electron chi connectivity index (χ1n) is 11.6. The average molecular weight is 413 g/mol. The third-order valence-electron chi connectivity index (χ3n) is 10.3. The molecule has 4 aliphatic carbocycles. The molecule has 0 bridgehead atoms. The lowest BCUT2D eigenvalue weighted by molar-refractivity contribution is -0.161. The van der Waals surface area contributed by atoms with E-state index >= 15 is 0 Å². The van der Waals surface area contributed by atoms with Crippen LogP contribution < -0.4 is 0 Å². The number of fused-ring (bicyclic) bond motifs is 4. The Morgan fingerprint density at radius 2 is 2.03 bits per heavy atom. The number of ketones is 1. The summed E-state index contributed by atoms with van der Waals surface area (Å²) in [5.41, 5.74) is 0.387. The molecule has 2 aliphatic heterocycles. The molecule has 6 rings (SSSR count). The molecule has 0 unspecified atom stereocenters. The first-order chi connectivity index (χ1) is 14.2. The zero-order chi connectivity index (χ0) is 21.1. The van der Waals surface area contributed by atoms with Gasteiger partial charge in [0, 0.05) is 29.6 Å². The van der Waals surface area contributed by atoms with Gasteiger partial charge in [0.05, 0.1) is 24.9 Å². The van der Waals surface area contributed by atoms with Crippen LogP contribution in [0.3, 0.4) is 0 Å². The zero-order valence-corrected chi connectivity index (χ0v) is 18.3. The summed E-state index contributed by atoms with van der Waals surface area (Å²) in [5, 5.41) is 0. The summed E-state index contributed by atoms with van der Waals surface area (Å²) in [5.74, 6) is 1.13. The number of hydrogen-bond donors (Lipinski definition) is 0. The number of methoxy groups -OCH3 is 1. The van der Waals surface area contributed by atoms with Gasteiger partial charge in [-0.05, 0) is 50.5 Å². The van der Waals surface area contributed by atoms with Crippen LogP contribution in [0.2, 0.25) is 0 Å². The number of carbonyl (C=O) groups excluding carboxylic acids is 2. The molecular weight excluding hydrogens is 380 g/mol. The minimum Gasteiger partial charge on any atom is -0.492 e. The van der Waals surface area contributed by atoms with Crippen molar-refractivity contribution in [3.8, 4) is 0 Å². The molecule has 8 atom stereocenters. The lowest BCUT2D eigenvalue weighted by Gasteiger charge is -2.58. The highest BCUT2D eigenvalue weighted by molar-refractivity contribution is 5.92. The monoisotopic (exact) mass is 412 g/mol. The summed E-state index contributed by atoms with van der Waals surface area (Å²) >= 11 is 0. The summed E-state index contributed by atoms with van der Waals surface area (Å²) in [6, 6.07) is 0. The molecule has 2 heterocycles. The first-order valence-corrected chi connectivity index (χ1v) is 11.6. The fraction of sp³-hybridized carbons (Fsp3) is 0.760. The molecule has 0 aromatic rings. The van der Waals surface area contributed by atoms with Gasteiger partial charge in [0.15, 0.2) is 5.78 Å². The standard InChI is InChI=1S/C25H32O5/c1-14-5-9-24(29-14)10-7-18-20-17(21(27)28-4)12-15-11-16(26)6-8-22(15,2)25(20)19(30-25)13-23(18,24)3/h11,17-20H,1,5-10,12-13H2,2-4H3/t17-,18+,19-,20+,22+,23+,24+,25-/m1/s1. The topological polar surface area (TPSA) is 65.1 Å². The van der Waals surface area contributed by atoms with E-state index in [1.54, 1.807) is 0 Å². The smallest absolute Gasteiger partial charge is 0.309 e. The molecule has 0 amide bonds. The quantitative estimate of drug-likeness (QED) is 0.479. The van der Waals surface area contributed by atoms with E-state index in [0.717, 1.165) is 49.9 Å². The van der Waals surface area contributed by atoms with Crippen LogP contribution in [0.25, 0.3) is 0 Å². The zero-order valence-electron chi connectivity index (χ0n) is 18.3. The van der Waals surface area contributed by atoms with Crippen LogP contribution in [0.15, 0.2) is 24.0 Å². The molecule has 3 saturated carbocycles. The van der Waals surface area contributed by atoms with E-state index in [2.05, 4.69) is 20.4 Å². The number of hydrogen-bond acceptors (Lipinski definition) is 5. The molecular formula is C25H32O5.